The molecule has 0 aliphatic carbocycles. The van der Waals surface area contributed by atoms with E-state index in [1.807, 2.05) is 6.07 Å². The molecule has 0 bridgehead atoms. The molecule has 6 N–H and O–H groups in total. The van der Waals surface area contributed by atoms with Crippen LogP contribution in [0.5, 0.6) is 0 Å². The molecule has 0 spiro atoms. The molecule has 1 aromatic rings. The number of amides is 6. The van der Waals surface area contributed by atoms with Gasteiger partial charge in [0.25, 0.3) is 0 Å². The van der Waals surface area contributed by atoms with Crippen LogP contribution in [0.25, 0.3) is 0 Å². The molecule has 0 fully saturated rings. The predicted molar refractivity (Wildman–Crippen MR) is 209 cm³/mol. The number of nitrogens with one attached hydrogen (secondary N) is 6. The molecule has 0 aromatic heterocycles. The van der Waals surface area contributed by atoms with Crippen LogP contribution in [0, 0.1) is 11.8 Å². The first kappa shape index (κ1) is 48.3. The van der Waals surface area contributed by atoms with Crippen molar-refractivity contribution in [3.05, 3.63) is 35.9 Å². The molecular formula is C40H66N6O9. The monoisotopic (exact) mass is 776 g/mol. The van der Waals surface area contributed by atoms with Crippen molar-refractivity contribution in [2.45, 2.75) is 163 Å². The highest BCUT2D eigenvalue weighted by molar-refractivity contribution is 6.01. The van der Waals surface area contributed by atoms with E-state index in [-0.39, 0.29) is 6.61 Å². The first-order valence-electron chi connectivity index (χ1n) is 18.5. The Kier molecular flexibility index (Phi) is 15.3. The minimum atomic E-state index is -1.61. The Morgan fingerprint density at radius 3 is 1.22 bits per heavy atom. The first-order chi connectivity index (χ1) is 24.6. The van der Waals surface area contributed by atoms with Crippen LogP contribution in [-0.4, -0.2) is 80.4 Å². The number of hydrogen-bond donors (Lipinski definition) is 6. The first-order valence-corrected chi connectivity index (χ1v) is 18.5. The topological polar surface area (TPSA) is 210 Å². The average molecular weight is 777 g/mol. The van der Waals surface area contributed by atoms with Gasteiger partial charge in [-0.2, -0.15) is 0 Å². The number of ether oxygens (including phenoxy) is 2. The lowest BCUT2D eigenvalue weighted by Gasteiger charge is -2.40. The summed E-state index contributed by atoms with van der Waals surface area (Å²) in [5.74, 6) is -5.06. The maximum absolute atomic E-state index is 13.9. The predicted octanol–water partition coefficient (Wildman–Crippen LogP) is 3.78. The fourth-order valence-electron chi connectivity index (χ4n) is 4.62. The highest BCUT2D eigenvalue weighted by Crippen LogP contribution is 2.23. The van der Waals surface area contributed by atoms with Crippen molar-refractivity contribution in [2.75, 3.05) is 0 Å². The summed E-state index contributed by atoms with van der Waals surface area (Å²) in [6.07, 6.45) is -0.830. The lowest BCUT2D eigenvalue weighted by atomic mass is 9.87. The molecule has 310 valence electrons. The lowest BCUT2D eigenvalue weighted by molar-refractivity contribution is -0.163. The van der Waals surface area contributed by atoms with Gasteiger partial charge in [0.2, 0.25) is 29.5 Å². The summed E-state index contributed by atoms with van der Waals surface area (Å²) in [6, 6.07) is 9.02. The van der Waals surface area contributed by atoms with Crippen LogP contribution in [-0.2, 0) is 44.8 Å². The number of hydrogen-bond acceptors (Lipinski definition) is 9. The van der Waals surface area contributed by atoms with Crippen LogP contribution in [0.2, 0.25) is 0 Å². The van der Waals surface area contributed by atoms with E-state index in [1.165, 1.54) is 69.2 Å². The maximum atomic E-state index is 13.9. The molecule has 0 saturated carbocycles. The Labute approximate surface area is 326 Å². The van der Waals surface area contributed by atoms with Gasteiger partial charge >= 0.3 is 12.1 Å². The summed E-state index contributed by atoms with van der Waals surface area (Å²) >= 11 is 0. The van der Waals surface area contributed by atoms with Gasteiger partial charge in [0.15, 0.2) is 0 Å². The summed E-state index contributed by atoms with van der Waals surface area (Å²) in [4.78, 5) is 93.9. The summed E-state index contributed by atoms with van der Waals surface area (Å²) in [6.45, 7) is 26.7. The van der Waals surface area contributed by atoms with Crippen LogP contribution in [0.3, 0.4) is 0 Å². The molecule has 55 heavy (non-hydrogen) atoms. The van der Waals surface area contributed by atoms with E-state index in [1.54, 1.807) is 72.7 Å². The number of carbonyl (C=O) groups is 7. The number of benzene rings is 1. The molecule has 15 heteroatoms. The highest BCUT2D eigenvalue weighted by Gasteiger charge is 2.48. The molecule has 0 aliphatic heterocycles. The Morgan fingerprint density at radius 2 is 0.836 bits per heavy atom. The van der Waals surface area contributed by atoms with Gasteiger partial charge in [-0.15, -0.1) is 0 Å². The standard InChI is InChI=1S/C40H66N6O9/c1-24(2)39(16,45-29(49)37(12,13)46-33(53)54-23-26-21-19-18-20-22-26)30(50)42-35(8,9)27(47)41-36(10,11)28(48)44-40(17,25(3)4)31(51)43-38(14,15)32(52)55-34(5,6)7/h18-22,24-25H,23H2,1-17H3,(H,41,47)(H,42,50)(H,43,51)(H,44,48)(H,45,49)(H,46,53)/t39-,40-/m1/s1/i30+1,44+1. The third-order valence-corrected chi connectivity index (χ3v) is 9.52. The van der Waals surface area contributed by atoms with Crippen molar-refractivity contribution < 1.29 is 43.0 Å². The van der Waals surface area contributed by atoms with E-state index >= 15 is 0 Å². The molecule has 1 aromatic carbocycles. The average Bonchev–Trinajstić information content (AvgIpc) is 3.02. The van der Waals surface area contributed by atoms with E-state index in [4.69, 9.17) is 9.47 Å². The molecule has 2 atom stereocenters. The SMILES string of the molecule is CC(C)[C@@](C)([15NH]C(=O)C(C)(C)NC(=O)C(C)(C)N[13C](=O)[C@](C)(NC(=O)C(C)(C)NC(=O)OCc1ccccc1)C(C)C)C(=O)NC(C)(C)C(=O)OC(C)(C)C. The second kappa shape index (κ2) is 17.4. The minimum Gasteiger partial charge on any atom is -0.458 e. The zero-order valence-corrected chi connectivity index (χ0v) is 35.9. The zero-order valence-electron chi connectivity index (χ0n) is 35.9. The van der Waals surface area contributed by atoms with E-state index in [0.29, 0.717) is 0 Å². The fourth-order valence-corrected chi connectivity index (χ4v) is 4.62. The summed E-state index contributed by atoms with van der Waals surface area (Å²) in [5, 5.41) is 16.1. The van der Waals surface area contributed by atoms with Crippen molar-refractivity contribution in [3.63, 3.8) is 0 Å². The Balaban J connectivity index is 3.10. The molecule has 0 aliphatic rings. The van der Waals surface area contributed by atoms with E-state index in [0.717, 1.165) is 5.56 Å². The molecule has 0 radical (unpaired) electrons. The molecule has 0 saturated heterocycles. The largest absolute Gasteiger partial charge is 0.458 e. The smallest absolute Gasteiger partial charge is 0.408 e. The van der Waals surface area contributed by atoms with Crippen LogP contribution < -0.4 is 31.9 Å². The lowest BCUT2D eigenvalue weighted by Crippen LogP contribution is -2.71. The Bertz CT molecular complexity index is 1600. The van der Waals surface area contributed by atoms with Gasteiger partial charge in [0.05, 0.1) is 0 Å². The summed E-state index contributed by atoms with van der Waals surface area (Å²) < 4.78 is 10.7. The van der Waals surface area contributed by atoms with Gasteiger partial charge in [-0.1, -0.05) is 58.0 Å². The van der Waals surface area contributed by atoms with Gasteiger partial charge in [-0.05, 0) is 107 Å². The van der Waals surface area contributed by atoms with Gasteiger partial charge in [-0.25, -0.2) is 9.59 Å². The second-order valence-electron chi connectivity index (χ2n) is 18.2. The Morgan fingerprint density at radius 1 is 0.491 bits per heavy atom. The Hall–Kier alpha value is -4.69. The second-order valence-corrected chi connectivity index (χ2v) is 18.2. The van der Waals surface area contributed by atoms with Crippen LogP contribution >= 0.6 is 0 Å². The van der Waals surface area contributed by atoms with Crippen LogP contribution in [0.1, 0.15) is 123 Å². The van der Waals surface area contributed by atoms with Crippen LogP contribution in [0.4, 0.5) is 4.79 Å². The highest BCUT2D eigenvalue weighted by atomic mass is 16.6. The fraction of sp³-hybridized carbons (Fsp3) is 0.675. The third kappa shape index (κ3) is 13.2. The number of esters is 1. The molecule has 0 unspecified atom stereocenters. The normalized spacial score (nSPS) is 14.7. The zero-order chi connectivity index (χ0) is 43.2. The molecule has 6 amide bonds. The van der Waals surface area contributed by atoms with Crippen molar-refractivity contribution in [2.24, 2.45) is 11.8 Å². The summed E-state index contributed by atoms with van der Waals surface area (Å²) in [7, 11) is 0. The van der Waals surface area contributed by atoms with E-state index in [2.05, 4.69) is 31.9 Å². The van der Waals surface area contributed by atoms with Gasteiger partial charge < -0.3 is 41.4 Å². The van der Waals surface area contributed by atoms with Crippen molar-refractivity contribution in [1.29, 1.82) is 0 Å². The minimum absolute atomic E-state index is 0.00727. The van der Waals surface area contributed by atoms with Gasteiger partial charge in [0, 0.05) is 0 Å². The van der Waals surface area contributed by atoms with Crippen molar-refractivity contribution >= 4 is 41.6 Å². The molecule has 0 heterocycles. The van der Waals surface area contributed by atoms with Crippen LogP contribution in [0.15, 0.2) is 30.3 Å². The van der Waals surface area contributed by atoms with Crippen molar-refractivity contribution in [3.8, 4) is 0 Å². The van der Waals surface area contributed by atoms with Crippen molar-refractivity contribution in [1.82, 2.24) is 31.9 Å². The summed E-state index contributed by atoms with van der Waals surface area (Å²) in [5.41, 5.74) is -9.26. The molecule has 15 nitrogen and oxygen atoms in total. The molecular weight excluding hydrogens is 710 g/mol. The van der Waals surface area contributed by atoms with Gasteiger partial charge in [-0.3, -0.25) is 24.0 Å². The number of carbonyl (C=O) groups excluding carboxylic acids is 7. The quantitative estimate of drug-likeness (QED) is 0.0819. The van der Waals surface area contributed by atoms with Gasteiger partial charge in [0.1, 0.15) is 45.4 Å². The molecule has 1 rings (SSSR count). The third-order valence-electron chi connectivity index (χ3n) is 9.52. The van der Waals surface area contributed by atoms with E-state index in [9.17, 15) is 33.6 Å². The number of rotatable bonds is 16. The van der Waals surface area contributed by atoms with E-state index < -0.39 is 92.3 Å². The number of alkyl carbamates (subject to hydrolysis) is 1. The maximum Gasteiger partial charge on any atom is 0.408 e.